The predicted molar refractivity (Wildman–Crippen MR) is 86.4 cm³/mol. The van der Waals surface area contributed by atoms with Gasteiger partial charge in [0.15, 0.2) is 0 Å². The van der Waals surface area contributed by atoms with Crippen LogP contribution >= 0.6 is 28.1 Å². The minimum atomic E-state index is -0.307. The van der Waals surface area contributed by atoms with Crippen molar-refractivity contribution >= 4 is 44.7 Å². The number of nitrogens with one attached hydrogen (secondary N) is 2. The predicted octanol–water partition coefficient (Wildman–Crippen LogP) is 2.41. The highest BCUT2D eigenvalue weighted by Crippen LogP contribution is 2.24. The van der Waals surface area contributed by atoms with Crippen molar-refractivity contribution in [2.24, 2.45) is 5.73 Å². The smallest absolute Gasteiger partial charge is 0.242 e. The van der Waals surface area contributed by atoms with E-state index in [4.69, 9.17) is 18.0 Å². The Labute approximate surface area is 127 Å². The van der Waals surface area contributed by atoms with E-state index in [0.29, 0.717) is 11.5 Å². The summed E-state index contributed by atoms with van der Waals surface area (Å²) in [4.78, 5) is 12.1. The zero-order chi connectivity index (χ0) is 14.4. The molecule has 0 aliphatic heterocycles. The number of hydrogen-bond acceptors (Lipinski definition) is 3. The van der Waals surface area contributed by atoms with Crippen LogP contribution in [0.5, 0.6) is 0 Å². The summed E-state index contributed by atoms with van der Waals surface area (Å²) >= 11 is 8.35. The first kappa shape index (κ1) is 15.9. The summed E-state index contributed by atoms with van der Waals surface area (Å²) in [6.07, 6.45) is 0.921. The Balaban J connectivity index is 2.71. The van der Waals surface area contributed by atoms with Crippen molar-refractivity contribution in [1.29, 1.82) is 0 Å². The molecular formula is C13H18BrN3OS. The summed E-state index contributed by atoms with van der Waals surface area (Å²) in [6, 6.07) is 5.20. The molecule has 0 fully saturated rings. The number of rotatable bonds is 6. The van der Waals surface area contributed by atoms with E-state index in [9.17, 15) is 4.79 Å². The first-order chi connectivity index (χ1) is 8.95. The summed E-state index contributed by atoms with van der Waals surface area (Å²) in [6.45, 7) is 4.52. The topological polar surface area (TPSA) is 67.2 Å². The molecule has 0 bridgehead atoms. The molecule has 0 saturated carbocycles. The number of anilines is 1. The summed E-state index contributed by atoms with van der Waals surface area (Å²) in [7, 11) is 0. The van der Waals surface area contributed by atoms with E-state index < -0.39 is 0 Å². The molecule has 1 amide bonds. The van der Waals surface area contributed by atoms with Crippen LogP contribution < -0.4 is 16.4 Å². The van der Waals surface area contributed by atoms with Gasteiger partial charge in [0.1, 0.15) is 11.0 Å². The Morgan fingerprint density at radius 1 is 1.53 bits per heavy atom. The average molecular weight is 344 g/mol. The Kier molecular flexibility index (Phi) is 6.24. The molecule has 1 unspecified atom stereocenters. The lowest BCUT2D eigenvalue weighted by atomic mass is 10.2. The highest BCUT2D eigenvalue weighted by Gasteiger charge is 2.13. The van der Waals surface area contributed by atoms with Gasteiger partial charge >= 0.3 is 0 Å². The molecule has 104 valence electrons. The molecule has 1 aromatic carbocycles. The van der Waals surface area contributed by atoms with Crippen molar-refractivity contribution in [3.8, 4) is 0 Å². The maximum absolute atomic E-state index is 11.8. The maximum Gasteiger partial charge on any atom is 0.242 e. The van der Waals surface area contributed by atoms with Crippen molar-refractivity contribution < 1.29 is 4.79 Å². The standard InChI is InChI=1S/C13H18BrN3OS/c1-3-6-16-13(18)8(2)17-11-5-4-9(12(15)19)7-10(11)14/h4-5,7-8,17H,3,6H2,1-2H3,(H2,15,19)(H,16,18). The van der Waals surface area contributed by atoms with Gasteiger partial charge in [-0.15, -0.1) is 0 Å². The molecule has 1 rings (SSSR count). The number of nitrogens with two attached hydrogens (primary N) is 1. The van der Waals surface area contributed by atoms with Crippen molar-refractivity contribution in [1.82, 2.24) is 5.32 Å². The van der Waals surface area contributed by atoms with Crippen LogP contribution in [0.25, 0.3) is 0 Å². The number of thiocarbonyl (C=S) groups is 1. The number of carbonyl (C=O) groups excluding carboxylic acids is 1. The fourth-order valence-corrected chi connectivity index (χ4v) is 2.11. The monoisotopic (exact) mass is 343 g/mol. The third-order valence-corrected chi connectivity index (χ3v) is 3.46. The second-order valence-corrected chi connectivity index (χ2v) is 5.51. The van der Waals surface area contributed by atoms with E-state index in [1.54, 1.807) is 0 Å². The van der Waals surface area contributed by atoms with E-state index in [-0.39, 0.29) is 11.9 Å². The number of benzene rings is 1. The van der Waals surface area contributed by atoms with E-state index >= 15 is 0 Å². The fraction of sp³-hybridized carbons (Fsp3) is 0.385. The first-order valence-electron chi connectivity index (χ1n) is 6.09. The van der Waals surface area contributed by atoms with E-state index in [0.717, 1.165) is 22.1 Å². The lowest BCUT2D eigenvalue weighted by Gasteiger charge is -2.16. The average Bonchev–Trinajstić information content (AvgIpc) is 2.37. The maximum atomic E-state index is 11.8. The molecule has 1 aromatic rings. The largest absolute Gasteiger partial charge is 0.389 e. The van der Waals surface area contributed by atoms with Gasteiger partial charge in [-0.05, 0) is 47.5 Å². The third kappa shape index (κ3) is 4.80. The van der Waals surface area contributed by atoms with Crippen LogP contribution in [0, 0.1) is 0 Å². The van der Waals surface area contributed by atoms with Crippen LogP contribution in [0.15, 0.2) is 22.7 Å². The normalized spacial score (nSPS) is 11.7. The van der Waals surface area contributed by atoms with Crippen LogP contribution in [0.1, 0.15) is 25.8 Å². The zero-order valence-electron chi connectivity index (χ0n) is 11.0. The molecule has 1 atom stereocenters. The van der Waals surface area contributed by atoms with Gasteiger partial charge in [-0.25, -0.2) is 0 Å². The Hall–Kier alpha value is -1.14. The van der Waals surface area contributed by atoms with Gasteiger partial charge in [0.2, 0.25) is 5.91 Å². The number of amides is 1. The summed E-state index contributed by atoms with van der Waals surface area (Å²) in [5.74, 6) is -0.0211. The van der Waals surface area contributed by atoms with Crippen LogP contribution in [0.4, 0.5) is 5.69 Å². The quantitative estimate of drug-likeness (QED) is 0.694. The molecule has 4 nitrogen and oxygen atoms in total. The van der Waals surface area contributed by atoms with E-state index in [1.807, 2.05) is 32.0 Å². The molecule has 0 aromatic heterocycles. The van der Waals surface area contributed by atoms with Crippen molar-refractivity contribution in [2.45, 2.75) is 26.3 Å². The summed E-state index contributed by atoms with van der Waals surface area (Å²) in [5.41, 5.74) is 7.18. The first-order valence-corrected chi connectivity index (χ1v) is 7.29. The number of hydrogen-bond donors (Lipinski definition) is 3. The summed E-state index contributed by atoms with van der Waals surface area (Å²) < 4.78 is 0.827. The minimum Gasteiger partial charge on any atom is -0.389 e. The van der Waals surface area contributed by atoms with E-state index in [1.165, 1.54) is 0 Å². The van der Waals surface area contributed by atoms with Gasteiger partial charge in [-0.2, -0.15) is 0 Å². The van der Waals surface area contributed by atoms with Crippen LogP contribution in [-0.2, 0) is 4.79 Å². The molecule has 19 heavy (non-hydrogen) atoms. The Morgan fingerprint density at radius 2 is 2.21 bits per heavy atom. The zero-order valence-corrected chi connectivity index (χ0v) is 13.4. The van der Waals surface area contributed by atoms with Gasteiger partial charge in [-0.1, -0.05) is 19.1 Å². The molecule has 6 heteroatoms. The lowest BCUT2D eigenvalue weighted by molar-refractivity contribution is -0.121. The lowest BCUT2D eigenvalue weighted by Crippen LogP contribution is -2.37. The SMILES string of the molecule is CCCNC(=O)C(C)Nc1ccc(C(N)=S)cc1Br. The Morgan fingerprint density at radius 3 is 2.74 bits per heavy atom. The number of halogens is 1. The third-order valence-electron chi connectivity index (χ3n) is 2.57. The van der Waals surface area contributed by atoms with Crippen molar-refractivity contribution in [3.63, 3.8) is 0 Å². The van der Waals surface area contributed by atoms with Gasteiger partial charge in [0, 0.05) is 22.3 Å². The van der Waals surface area contributed by atoms with Crippen molar-refractivity contribution in [2.75, 3.05) is 11.9 Å². The molecule has 0 radical (unpaired) electrons. The van der Waals surface area contributed by atoms with Crippen LogP contribution in [-0.4, -0.2) is 23.5 Å². The Bertz CT molecular complexity index is 479. The molecule has 0 heterocycles. The van der Waals surface area contributed by atoms with Crippen LogP contribution in [0.3, 0.4) is 0 Å². The van der Waals surface area contributed by atoms with Gasteiger partial charge in [0.05, 0.1) is 0 Å². The highest BCUT2D eigenvalue weighted by atomic mass is 79.9. The van der Waals surface area contributed by atoms with Gasteiger partial charge < -0.3 is 16.4 Å². The number of carbonyl (C=O) groups is 1. The molecule has 0 spiro atoms. The minimum absolute atomic E-state index is 0.0211. The van der Waals surface area contributed by atoms with E-state index in [2.05, 4.69) is 26.6 Å². The summed E-state index contributed by atoms with van der Waals surface area (Å²) in [5, 5.41) is 5.99. The van der Waals surface area contributed by atoms with Crippen molar-refractivity contribution in [3.05, 3.63) is 28.2 Å². The molecule has 4 N–H and O–H groups in total. The fourth-order valence-electron chi connectivity index (χ4n) is 1.49. The molecule has 0 aliphatic rings. The second-order valence-electron chi connectivity index (χ2n) is 4.22. The highest BCUT2D eigenvalue weighted by molar-refractivity contribution is 9.10. The molecular weight excluding hydrogens is 326 g/mol. The molecule has 0 aliphatic carbocycles. The van der Waals surface area contributed by atoms with Gasteiger partial charge in [-0.3, -0.25) is 4.79 Å². The second kappa shape index (κ2) is 7.45. The van der Waals surface area contributed by atoms with Crippen LogP contribution in [0.2, 0.25) is 0 Å². The van der Waals surface area contributed by atoms with Gasteiger partial charge in [0.25, 0.3) is 0 Å². The molecule has 0 saturated heterocycles.